The third-order valence-electron chi connectivity index (χ3n) is 5.90. The van der Waals surface area contributed by atoms with E-state index >= 15 is 0 Å². The Morgan fingerprint density at radius 3 is 2.83 bits per heavy atom. The number of nitrogens with one attached hydrogen (secondary N) is 1. The first-order valence-electron chi connectivity index (χ1n) is 10.5. The molecule has 7 heteroatoms. The molecule has 0 radical (unpaired) electrons. The molecule has 1 aliphatic heterocycles. The molecule has 1 atom stereocenters. The number of aromatic nitrogens is 2. The van der Waals surface area contributed by atoms with Gasteiger partial charge in [-0.05, 0) is 39.2 Å². The minimum atomic E-state index is -0.541. The summed E-state index contributed by atoms with van der Waals surface area (Å²) < 4.78 is 5.58. The summed E-state index contributed by atoms with van der Waals surface area (Å²) in [7, 11) is 0. The lowest BCUT2D eigenvalue weighted by atomic mass is 9.84. The number of nitrogens with two attached hydrogens (primary N) is 1. The molecule has 0 aromatic carbocycles. The summed E-state index contributed by atoms with van der Waals surface area (Å²) in [5, 5.41) is 13.1. The van der Waals surface area contributed by atoms with Gasteiger partial charge in [0, 0.05) is 12.6 Å². The Bertz CT molecular complexity index is 819. The molecule has 2 fully saturated rings. The Balaban J connectivity index is 1.98. The predicted molar refractivity (Wildman–Crippen MR) is 115 cm³/mol. The van der Waals surface area contributed by atoms with Crippen molar-refractivity contribution in [3.05, 3.63) is 35.3 Å². The number of anilines is 2. The van der Waals surface area contributed by atoms with E-state index in [2.05, 4.69) is 37.1 Å². The summed E-state index contributed by atoms with van der Waals surface area (Å²) in [4.78, 5) is 11.7. The maximum atomic E-state index is 9.96. The topological polar surface area (TPSA) is 100 Å². The molecule has 1 saturated carbocycles. The van der Waals surface area contributed by atoms with Gasteiger partial charge >= 0.3 is 0 Å². The molecule has 0 bridgehead atoms. The molecule has 29 heavy (non-hydrogen) atoms. The number of morpholine rings is 1. The number of hydrogen-bond donors (Lipinski definition) is 2. The van der Waals surface area contributed by atoms with Crippen molar-refractivity contribution >= 4 is 11.8 Å². The van der Waals surface area contributed by atoms with Crippen LogP contribution in [0.15, 0.2) is 29.6 Å². The van der Waals surface area contributed by atoms with E-state index in [1.807, 2.05) is 18.2 Å². The zero-order chi connectivity index (χ0) is 20.9. The number of allylic oxidation sites excluding steroid dienone is 3. The van der Waals surface area contributed by atoms with Gasteiger partial charge in [0.2, 0.25) is 5.95 Å². The molecule has 1 aromatic heterocycles. The zero-order valence-corrected chi connectivity index (χ0v) is 17.7. The summed E-state index contributed by atoms with van der Waals surface area (Å²) in [5.74, 6) is 1.74. The number of nitriles is 1. The average molecular weight is 397 g/mol. The molecular weight excluding hydrogens is 364 g/mol. The Morgan fingerprint density at radius 2 is 2.17 bits per heavy atom. The van der Waals surface area contributed by atoms with Gasteiger partial charge < -0.3 is 20.7 Å². The van der Waals surface area contributed by atoms with Crippen LogP contribution in [0.1, 0.15) is 58.6 Å². The number of ether oxygens (including phenoxy) is 1. The van der Waals surface area contributed by atoms with E-state index < -0.39 is 5.41 Å². The third kappa shape index (κ3) is 4.88. The quantitative estimate of drug-likeness (QED) is 0.709. The largest absolute Gasteiger partial charge is 0.385 e. The van der Waals surface area contributed by atoms with Crippen molar-refractivity contribution in [2.75, 3.05) is 30.0 Å². The molecule has 1 aliphatic carbocycles. The van der Waals surface area contributed by atoms with Gasteiger partial charge in [-0.1, -0.05) is 31.4 Å². The first-order valence-corrected chi connectivity index (χ1v) is 10.5. The second-order valence-corrected chi connectivity index (χ2v) is 8.07. The van der Waals surface area contributed by atoms with Gasteiger partial charge in [0.05, 0.1) is 36.4 Å². The average Bonchev–Trinajstić information content (AvgIpc) is 3.22. The molecule has 2 heterocycles. The van der Waals surface area contributed by atoms with Crippen molar-refractivity contribution in [2.45, 2.75) is 64.3 Å². The molecule has 3 rings (SSSR count). The van der Waals surface area contributed by atoms with Crippen LogP contribution in [0.4, 0.5) is 11.8 Å². The van der Waals surface area contributed by atoms with Crippen LogP contribution in [-0.4, -0.2) is 35.8 Å². The predicted octanol–water partition coefficient (Wildman–Crippen LogP) is 3.61. The first-order chi connectivity index (χ1) is 14.0. The fraction of sp³-hybridized carbons (Fsp3) is 0.591. The smallest absolute Gasteiger partial charge is 0.230 e. The monoisotopic (exact) mass is 396 g/mol. The van der Waals surface area contributed by atoms with Gasteiger partial charge in [-0.15, -0.1) is 0 Å². The van der Waals surface area contributed by atoms with E-state index in [0.717, 1.165) is 50.2 Å². The van der Waals surface area contributed by atoms with Gasteiger partial charge in [-0.3, -0.25) is 0 Å². The first kappa shape index (κ1) is 21.1. The lowest BCUT2D eigenvalue weighted by molar-refractivity contribution is 0.0985. The second kappa shape index (κ2) is 9.27. The molecule has 3 N–H and O–H groups in total. The molecule has 1 saturated heterocycles. The summed E-state index contributed by atoms with van der Waals surface area (Å²) >= 11 is 0. The Kier molecular flexibility index (Phi) is 6.75. The van der Waals surface area contributed by atoms with E-state index in [0.29, 0.717) is 25.0 Å². The molecule has 7 nitrogen and oxygen atoms in total. The van der Waals surface area contributed by atoms with E-state index in [-0.39, 0.29) is 6.04 Å². The molecule has 1 aromatic rings. The summed E-state index contributed by atoms with van der Waals surface area (Å²) in [6.07, 6.45) is 8.56. The molecule has 1 unspecified atom stereocenters. The van der Waals surface area contributed by atoms with Crippen molar-refractivity contribution in [2.24, 2.45) is 5.73 Å². The van der Waals surface area contributed by atoms with Crippen LogP contribution in [0, 0.1) is 11.3 Å². The Morgan fingerprint density at radius 1 is 1.41 bits per heavy atom. The van der Waals surface area contributed by atoms with Gasteiger partial charge in [-0.25, -0.2) is 4.98 Å². The van der Waals surface area contributed by atoms with Crippen molar-refractivity contribution in [3.8, 4) is 6.07 Å². The van der Waals surface area contributed by atoms with Crippen LogP contribution >= 0.6 is 0 Å². The lowest BCUT2D eigenvalue weighted by Gasteiger charge is -2.35. The van der Waals surface area contributed by atoms with Crippen LogP contribution in [0.3, 0.4) is 0 Å². The van der Waals surface area contributed by atoms with Gasteiger partial charge in [0.1, 0.15) is 11.6 Å². The molecule has 2 aliphatic rings. The van der Waals surface area contributed by atoms with Crippen molar-refractivity contribution < 1.29 is 4.74 Å². The van der Waals surface area contributed by atoms with Gasteiger partial charge in [0.25, 0.3) is 0 Å². The second-order valence-electron chi connectivity index (χ2n) is 8.07. The minimum absolute atomic E-state index is 0.212. The minimum Gasteiger partial charge on any atom is -0.385 e. The van der Waals surface area contributed by atoms with E-state index in [4.69, 9.17) is 20.4 Å². The number of hydrogen-bond acceptors (Lipinski definition) is 7. The highest BCUT2D eigenvalue weighted by atomic mass is 16.5. The summed E-state index contributed by atoms with van der Waals surface area (Å²) in [5.41, 5.74) is 7.65. The van der Waals surface area contributed by atoms with Crippen LogP contribution in [0.2, 0.25) is 0 Å². The van der Waals surface area contributed by atoms with Gasteiger partial charge in [0.15, 0.2) is 0 Å². The maximum absolute atomic E-state index is 9.96. The highest BCUT2D eigenvalue weighted by molar-refractivity contribution is 5.50. The number of nitrogens with zero attached hydrogens (tertiary/aromatic N) is 4. The fourth-order valence-electron chi connectivity index (χ4n) is 3.87. The molecule has 156 valence electrons. The Hall–Kier alpha value is -2.59. The lowest BCUT2D eigenvalue weighted by Crippen LogP contribution is -2.44. The highest BCUT2D eigenvalue weighted by Crippen LogP contribution is 2.41. The van der Waals surface area contributed by atoms with E-state index in [9.17, 15) is 5.26 Å². The maximum Gasteiger partial charge on any atom is 0.230 e. The normalized spacial score (nSPS) is 22.4. The van der Waals surface area contributed by atoms with Crippen molar-refractivity contribution in [3.63, 3.8) is 0 Å². The van der Waals surface area contributed by atoms with Crippen LogP contribution in [0.5, 0.6) is 0 Å². The SMILES string of the molecule is CC/C(C)=C/C=C(\N)Nc1nc(N2CCOCC2C)cc(C2(C#N)CCCC2)n1. The highest BCUT2D eigenvalue weighted by Gasteiger charge is 2.38. The molecule has 0 spiro atoms. The standard InChI is InChI=1S/C22H32N6O/c1-4-16(2)7-8-19(24)26-21-25-18(22(15-23)9-5-6-10-22)13-20(27-21)28-11-12-29-14-17(28)3/h7-8,13,17H,4-6,9-12,14,24H2,1-3H3,(H,25,26,27)/b16-7+,19-8+. The van der Waals surface area contributed by atoms with Crippen LogP contribution in [0.25, 0.3) is 0 Å². The van der Waals surface area contributed by atoms with E-state index in [1.54, 1.807) is 0 Å². The molecule has 0 amide bonds. The Labute approximate surface area is 173 Å². The fourth-order valence-corrected chi connectivity index (χ4v) is 3.87. The van der Waals surface area contributed by atoms with Crippen LogP contribution < -0.4 is 16.0 Å². The van der Waals surface area contributed by atoms with Crippen molar-refractivity contribution in [1.29, 1.82) is 5.26 Å². The summed E-state index contributed by atoms with van der Waals surface area (Å²) in [6.45, 7) is 8.38. The summed E-state index contributed by atoms with van der Waals surface area (Å²) in [6, 6.07) is 4.75. The zero-order valence-electron chi connectivity index (χ0n) is 17.7. The molecular formula is C22H32N6O. The van der Waals surface area contributed by atoms with E-state index in [1.165, 1.54) is 5.57 Å². The van der Waals surface area contributed by atoms with Gasteiger partial charge in [-0.2, -0.15) is 10.2 Å². The van der Waals surface area contributed by atoms with Crippen LogP contribution in [-0.2, 0) is 10.2 Å². The number of rotatable bonds is 6. The van der Waals surface area contributed by atoms with Crippen molar-refractivity contribution in [1.82, 2.24) is 9.97 Å². The third-order valence-corrected chi connectivity index (χ3v) is 5.90.